The van der Waals surface area contributed by atoms with Crippen LogP contribution in [0.15, 0.2) is 82.0 Å². The molecule has 0 bridgehead atoms. The molecule has 0 saturated heterocycles. The third kappa shape index (κ3) is 5.93. The van der Waals surface area contributed by atoms with Crippen LogP contribution in [0, 0.1) is 5.92 Å². The second kappa shape index (κ2) is 11.2. The summed E-state index contributed by atoms with van der Waals surface area (Å²) in [6.45, 7) is 15.7. The Balaban J connectivity index is 1.84. The summed E-state index contributed by atoms with van der Waals surface area (Å²) in [5, 5.41) is 0. The first-order valence-corrected chi connectivity index (χ1v) is 11.5. The van der Waals surface area contributed by atoms with Gasteiger partial charge in [-0.05, 0) is 63.0 Å². The van der Waals surface area contributed by atoms with Crippen molar-refractivity contribution in [1.29, 1.82) is 0 Å². The molecule has 1 aliphatic carbocycles. The van der Waals surface area contributed by atoms with Crippen LogP contribution in [0.1, 0.15) is 59.3 Å². The molecule has 0 aromatic heterocycles. The van der Waals surface area contributed by atoms with Gasteiger partial charge in [0.25, 0.3) is 0 Å². The van der Waals surface area contributed by atoms with Crippen molar-refractivity contribution < 1.29 is 14.2 Å². The smallest absolute Gasteiger partial charge is 0.198 e. The quantitative estimate of drug-likeness (QED) is 0.305. The number of aliphatic imine (C=N–C) groups is 1. The fraction of sp³-hybridized carbons (Fsp3) is 0.481. The maximum absolute atomic E-state index is 6.25. The van der Waals surface area contributed by atoms with Crippen molar-refractivity contribution in [2.24, 2.45) is 10.9 Å². The first-order valence-electron chi connectivity index (χ1n) is 11.5. The minimum atomic E-state index is 0.538. The van der Waals surface area contributed by atoms with Gasteiger partial charge in [-0.25, -0.2) is 4.99 Å². The number of hydrogen-bond acceptors (Lipinski definition) is 5. The summed E-state index contributed by atoms with van der Waals surface area (Å²) in [4.78, 5) is 6.48. The fourth-order valence-electron chi connectivity index (χ4n) is 4.04. The van der Waals surface area contributed by atoms with Crippen LogP contribution in [0.25, 0.3) is 0 Å². The Morgan fingerprint density at radius 3 is 2.72 bits per heavy atom. The summed E-state index contributed by atoms with van der Waals surface area (Å²) in [7, 11) is 1.67. The van der Waals surface area contributed by atoms with Gasteiger partial charge < -0.3 is 19.1 Å². The lowest BCUT2D eigenvalue weighted by atomic mass is 9.90. The zero-order chi connectivity index (χ0) is 23.1. The standard InChI is InChI=1S/C27H36N2O3/c1-19(2)21(4)27(25-17-20(3)28-26(32-25)14-16-30-6)29-15-10-13-24(22(29)5)31-18-23-11-8-7-9-12-23/h10,13,15,23H,1,5,7-9,11-12,14,16,18H2,2-4,6H3. The highest BCUT2D eigenvalue weighted by Gasteiger charge is 2.27. The van der Waals surface area contributed by atoms with Crippen LogP contribution in [0.3, 0.4) is 0 Å². The van der Waals surface area contributed by atoms with Crippen LogP contribution in [-0.4, -0.2) is 31.1 Å². The molecule has 0 spiro atoms. The lowest BCUT2D eigenvalue weighted by Gasteiger charge is -2.32. The molecule has 0 aromatic rings. The van der Waals surface area contributed by atoms with Crippen LogP contribution < -0.4 is 0 Å². The number of allylic oxidation sites excluding steroid dienone is 4. The molecule has 2 heterocycles. The molecule has 0 radical (unpaired) electrons. The Morgan fingerprint density at radius 1 is 1.28 bits per heavy atom. The molecule has 2 aliphatic heterocycles. The normalized spacial score (nSPS) is 20.0. The van der Waals surface area contributed by atoms with Crippen LogP contribution in [0.4, 0.5) is 0 Å². The van der Waals surface area contributed by atoms with Crippen molar-refractivity contribution in [3.05, 3.63) is 77.0 Å². The maximum Gasteiger partial charge on any atom is 0.198 e. The molecule has 5 nitrogen and oxygen atoms in total. The molecule has 5 heteroatoms. The monoisotopic (exact) mass is 436 g/mol. The average molecular weight is 437 g/mol. The Hall–Kier alpha value is -2.75. The van der Waals surface area contributed by atoms with E-state index in [1.807, 2.05) is 44.0 Å². The van der Waals surface area contributed by atoms with Gasteiger partial charge in [-0.15, -0.1) is 0 Å². The zero-order valence-corrected chi connectivity index (χ0v) is 20.0. The summed E-state index contributed by atoms with van der Waals surface area (Å²) in [5.74, 6) is 2.62. The summed E-state index contributed by atoms with van der Waals surface area (Å²) in [6, 6.07) is 0. The molecule has 0 amide bonds. The average Bonchev–Trinajstić information content (AvgIpc) is 2.78. The Kier molecular flexibility index (Phi) is 8.38. The number of rotatable bonds is 9. The van der Waals surface area contributed by atoms with E-state index in [0.717, 1.165) is 40.6 Å². The van der Waals surface area contributed by atoms with E-state index in [-0.39, 0.29) is 0 Å². The highest BCUT2D eigenvalue weighted by molar-refractivity contribution is 5.79. The van der Waals surface area contributed by atoms with Crippen LogP contribution in [-0.2, 0) is 14.2 Å². The molecular weight excluding hydrogens is 400 g/mol. The predicted octanol–water partition coefficient (Wildman–Crippen LogP) is 6.51. The van der Waals surface area contributed by atoms with Gasteiger partial charge in [-0.1, -0.05) is 38.0 Å². The third-order valence-electron chi connectivity index (χ3n) is 6.04. The van der Waals surface area contributed by atoms with Gasteiger partial charge >= 0.3 is 0 Å². The van der Waals surface area contributed by atoms with Crippen LogP contribution in [0.5, 0.6) is 0 Å². The highest BCUT2D eigenvalue weighted by Crippen LogP contribution is 2.34. The van der Waals surface area contributed by atoms with E-state index in [2.05, 4.69) is 23.9 Å². The third-order valence-corrected chi connectivity index (χ3v) is 6.04. The van der Waals surface area contributed by atoms with Crippen molar-refractivity contribution in [2.75, 3.05) is 20.3 Å². The summed E-state index contributed by atoms with van der Waals surface area (Å²) in [6.07, 6.45) is 13.0. The summed E-state index contributed by atoms with van der Waals surface area (Å²) >= 11 is 0. The van der Waals surface area contributed by atoms with E-state index in [4.69, 9.17) is 14.2 Å². The van der Waals surface area contributed by atoms with E-state index in [1.54, 1.807) is 7.11 Å². The van der Waals surface area contributed by atoms with Crippen molar-refractivity contribution >= 4 is 5.90 Å². The molecule has 0 aromatic carbocycles. The van der Waals surface area contributed by atoms with E-state index >= 15 is 0 Å². The SMILES string of the molecule is C=C(C)C(C)=C(C1=C=C(C)N=C(CCOC)O1)N1C=CC=C(OCC2CCCCC2)C1=C. The second-order valence-electron chi connectivity index (χ2n) is 8.65. The molecule has 3 aliphatic rings. The van der Waals surface area contributed by atoms with Crippen molar-refractivity contribution in [2.45, 2.75) is 59.3 Å². The van der Waals surface area contributed by atoms with Gasteiger partial charge in [0, 0.05) is 19.7 Å². The molecule has 0 N–H and O–H groups in total. The largest absolute Gasteiger partial charge is 0.491 e. The fourth-order valence-corrected chi connectivity index (χ4v) is 4.04. The number of ether oxygens (including phenoxy) is 3. The minimum absolute atomic E-state index is 0.538. The molecule has 3 rings (SSSR count). The van der Waals surface area contributed by atoms with Gasteiger partial charge in [0.2, 0.25) is 0 Å². The topological polar surface area (TPSA) is 43.3 Å². The molecule has 172 valence electrons. The Morgan fingerprint density at radius 2 is 2.03 bits per heavy atom. The molecule has 1 fully saturated rings. The first kappa shape index (κ1) is 23.9. The van der Waals surface area contributed by atoms with Gasteiger partial charge in [0.05, 0.1) is 24.6 Å². The van der Waals surface area contributed by atoms with Crippen molar-refractivity contribution in [1.82, 2.24) is 4.90 Å². The molecule has 0 atom stereocenters. The Bertz CT molecular complexity index is 936. The lowest BCUT2D eigenvalue weighted by Crippen LogP contribution is -2.26. The zero-order valence-electron chi connectivity index (χ0n) is 20.0. The number of methoxy groups -OCH3 is 1. The van der Waals surface area contributed by atoms with Crippen LogP contribution >= 0.6 is 0 Å². The number of nitrogens with zero attached hydrogens (tertiary/aromatic N) is 2. The van der Waals surface area contributed by atoms with E-state index < -0.39 is 0 Å². The van der Waals surface area contributed by atoms with Crippen LogP contribution in [0.2, 0.25) is 0 Å². The summed E-state index contributed by atoms with van der Waals surface area (Å²) < 4.78 is 17.6. The second-order valence-corrected chi connectivity index (χ2v) is 8.65. The lowest BCUT2D eigenvalue weighted by molar-refractivity contribution is 0.141. The van der Waals surface area contributed by atoms with E-state index in [9.17, 15) is 0 Å². The van der Waals surface area contributed by atoms with Crippen molar-refractivity contribution in [3.8, 4) is 0 Å². The predicted molar refractivity (Wildman–Crippen MR) is 129 cm³/mol. The molecule has 0 unspecified atom stereocenters. The summed E-state index contributed by atoms with van der Waals surface area (Å²) in [5.41, 5.74) is 7.60. The highest BCUT2D eigenvalue weighted by atomic mass is 16.5. The van der Waals surface area contributed by atoms with E-state index in [1.165, 1.54) is 32.1 Å². The first-order chi connectivity index (χ1) is 15.4. The maximum atomic E-state index is 6.25. The molecular formula is C27H36N2O3. The van der Waals surface area contributed by atoms with Gasteiger partial charge in [-0.2, -0.15) is 0 Å². The number of hydrogen-bond donors (Lipinski definition) is 0. The van der Waals surface area contributed by atoms with Gasteiger partial charge in [-0.3, -0.25) is 0 Å². The van der Waals surface area contributed by atoms with Gasteiger partial charge in [0.15, 0.2) is 11.7 Å². The Labute approximate surface area is 192 Å². The molecule has 1 saturated carbocycles. The van der Waals surface area contributed by atoms with E-state index in [0.29, 0.717) is 30.6 Å². The minimum Gasteiger partial charge on any atom is -0.491 e. The molecule has 32 heavy (non-hydrogen) atoms. The van der Waals surface area contributed by atoms with Gasteiger partial charge in [0.1, 0.15) is 11.5 Å². The van der Waals surface area contributed by atoms with Crippen molar-refractivity contribution in [3.63, 3.8) is 0 Å².